The molecule has 1 aliphatic heterocycles. The van der Waals surface area contributed by atoms with Crippen molar-refractivity contribution in [1.29, 1.82) is 0 Å². The first-order chi connectivity index (χ1) is 14.9. The topological polar surface area (TPSA) is 94.2 Å². The number of carbonyl (C=O) groups is 1. The Labute approximate surface area is 182 Å². The SMILES string of the molecule is CCOc1ccc(C=CC(=O)Nc2ccc(S(=O)(=O)N3CCOCC3)cc2)cc1OC. The number of sulfonamides is 1. The lowest BCUT2D eigenvalue weighted by Gasteiger charge is -2.26. The average Bonchev–Trinajstić information content (AvgIpc) is 2.79. The molecule has 166 valence electrons. The van der Waals surface area contributed by atoms with Crippen molar-refractivity contribution in [1.82, 2.24) is 4.31 Å². The summed E-state index contributed by atoms with van der Waals surface area (Å²) in [5.41, 5.74) is 1.28. The molecule has 0 aliphatic carbocycles. The number of ether oxygens (including phenoxy) is 3. The maximum absolute atomic E-state index is 12.7. The molecule has 1 aliphatic rings. The zero-order valence-corrected chi connectivity index (χ0v) is 18.4. The van der Waals surface area contributed by atoms with Crippen molar-refractivity contribution < 1.29 is 27.4 Å². The van der Waals surface area contributed by atoms with Crippen LogP contribution in [-0.2, 0) is 19.6 Å². The molecule has 1 N–H and O–H groups in total. The average molecular weight is 447 g/mol. The van der Waals surface area contributed by atoms with E-state index in [2.05, 4.69) is 5.32 Å². The standard InChI is InChI=1S/C22H26N2O6S/c1-3-30-20-10-4-17(16-21(20)28-2)5-11-22(25)23-18-6-8-19(9-7-18)31(26,27)24-12-14-29-15-13-24/h4-11,16H,3,12-15H2,1-2H3,(H,23,25). The highest BCUT2D eigenvalue weighted by Gasteiger charge is 2.26. The van der Waals surface area contributed by atoms with Gasteiger partial charge in [0.05, 0.1) is 31.8 Å². The quantitative estimate of drug-likeness (QED) is 0.627. The van der Waals surface area contributed by atoms with Gasteiger partial charge in [-0.3, -0.25) is 4.79 Å². The van der Waals surface area contributed by atoms with E-state index in [0.717, 1.165) is 5.56 Å². The maximum Gasteiger partial charge on any atom is 0.248 e. The van der Waals surface area contributed by atoms with E-state index < -0.39 is 10.0 Å². The van der Waals surface area contributed by atoms with Crippen molar-refractivity contribution in [3.05, 3.63) is 54.1 Å². The lowest BCUT2D eigenvalue weighted by atomic mass is 10.2. The van der Waals surface area contributed by atoms with Crippen molar-refractivity contribution in [2.75, 3.05) is 45.3 Å². The third-order valence-electron chi connectivity index (χ3n) is 4.64. The van der Waals surface area contributed by atoms with E-state index in [-0.39, 0.29) is 10.8 Å². The summed E-state index contributed by atoms with van der Waals surface area (Å²) >= 11 is 0. The fourth-order valence-corrected chi connectivity index (χ4v) is 4.47. The highest BCUT2D eigenvalue weighted by Crippen LogP contribution is 2.28. The van der Waals surface area contributed by atoms with Gasteiger partial charge < -0.3 is 19.5 Å². The molecule has 2 aromatic rings. The second-order valence-corrected chi connectivity index (χ2v) is 8.64. The minimum atomic E-state index is -3.56. The van der Waals surface area contributed by atoms with Gasteiger partial charge in [0.1, 0.15) is 0 Å². The molecule has 31 heavy (non-hydrogen) atoms. The van der Waals surface area contributed by atoms with E-state index >= 15 is 0 Å². The molecular weight excluding hydrogens is 420 g/mol. The first-order valence-corrected chi connectivity index (χ1v) is 11.4. The summed E-state index contributed by atoms with van der Waals surface area (Å²) in [5.74, 6) is 0.886. The highest BCUT2D eigenvalue weighted by molar-refractivity contribution is 7.89. The first kappa shape index (κ1) is 22.8. The molecule has 9 heteroatoms. The van der Waals surface area contributed by atoms with E-state index in [0.29, 0.717) is 50.1 Å². The molecule has 0 saturated carbocycles. The van der Waals surface area contributed by atoms with Crippen LogP contribution in [-0.4, -0.2) is 58.7 Å². The van der Waals surface area contributed by atoms with Gasteiger partial charge >= 0.3 is 0 Å². The molecule has 0 aromatic heterocycles. The number of methoxy groups -OCH3 is 1. The molecule has 1 fully saturated rings. The lowest BCUT2D eigenvalue weighted by Crippen LogP contribution is -2.40. The number of hydrogen-bond donors (Lipinski definition) is 1. The molecule has 1 amide bonds. The number of nitrogens with zero attached hydrogens (tertiary/aromatic N) is 1. The summed E-state index contributed by atoms with van der Waals surface area (Å²) in [4.78, 5) is 12.4. The Balaban J connectivity index is 1.63. The summed E-state index contributed by atoms with van der Waals surface area (Å²) < 4.78 is 42.7. The van der Waals surface area contributed by atoms with Crippen LogP contribution in [0.3, 0.4) is 0 Å². The summed E-state index contributed by atoms with van der Waals surface area (Å²) in [6.45, 7) is 3.87. The smallest absolute Gasteiger partial charge is 0.248 e. The van der Waals surface area contributed by atoms with Gasteiger partial charge in [0, 0.05) is 24.9 Å². The molecule has 1 heterocycles. The highest BCUT2D eigenvalue weighted by atomic mass is 32.2. The number of anilines is 1. The van der Waals surface area contributed by atoms with Crippen LogP contribution >= 0.6 is 0 Å². The van der Waals surface area contributed by atoms with Crippen molar-refractivity contribution in [3.8, 4) is 11.5 Å². The van der Waals surface area contributed by atoms with Gasteiger partial charge in [0.25, 0.3) is 0 Å². The Kier molecular flexibility index (Phi) is 7.67. The second-order valence-electron chi connectivity index (χ2n) is 6.71. The van der Waals surface area contributed by atoms with E-state index in [9.17, 15) is 13.2 Å². The molecule has 0 radical (unpaired) electrons. The van der Waals surface area contributed by atoms with Crippen LogP contribution < -0.4 is 14.8 Å². The van der Waals surface area contributed by atoms with E-state index in [4.69, 9.17) is 14.2 Å². The first-order valence-electron chi connectivity index (χ1n) is 9.92. The van der Waals surface area contributed by atoms with Gasteiger partial charge in [-0.05, 0) is 55.0 Å². The summed E-state index contributed by atoms with van der Waals surface area (Å²) in [6.07, 6.45) is 3.05. The Hall–Kier alpha value is -2.88. The molecule has 0 bridgehead atoms. The normalized spacial score (nSPS) is 15.0. The fraction of sp³-hybridized carbons (Fsp3) is 0.318. The number of morpholine rings is 1. The number of rotatable bonds is 8. The van der Waals surface area contributed by atoms with Gasteiger partial charge in [-0.2, -0.15) is 4.31 Å². The number of hydrogen-bond acceptors (Lipinski definition) is 6. The Morgan fingerprint density at radius 3 is 2.48 bits per heavy atom. The molecule has 0 unspecified atom stereocenters. The third-order valence-corrected chi connectivity index (χ3v) is 6.56. The monoisotopic (exact) mass is 446 g/mol. The molecule has 0 atom stereocenters. The van der Waals surface area contributed by atoms with Crippen molar-refractivity contribution in [2.45, 2.75) is 11.8 Å². The van der Waals surface area contributed by atoms with E-state index in [1.807, 2.05) is 13.0 Å². The number of carbonyl (C=O) groups excluding carboxylic acids is 1. The predicted molar refractivity (Wildman–Crippen MR) is 118 cm³/mol. The van der Waals surface area contributed by atoms with Gasteiger partial charge in [0.2, 0.25) is 15.9 Å². The zero-order valence-electron chi connectivity index (χ0n) is 17.5. The van der Waals surface area contributed by atoms with Gasteiger partial charge in [-0.25, -0.2) is 8.42 Å². The maximum atomic E-state index is 12.7. The van der Waals surface area contributed by atoms with Crippen LogP contribution in [0, 0.1) is 0 Å². The predicted octanol–water partition coefficient (Wildman–Crippen LogP) is 2.77. The fourth-order valence-electron chi connectivity index (χ4n) is 3.06. The Morgan fingerprint density at radius 2 is 1.84 bits per heavy atom. The van der Waals surface area contributed by atoms with E-state index in [1.54, 1.807) is 37.5 Å². The van der Waals surface area contributed by atoms with Crippen LogP contribution in [0.2, 0.25) is 0 Å². The molecule has 0 spiro atoms. The van der Waals surface area contributed by atoms with Gasteiger partial charge in [0.15, 0.2) is 11.5 Å². The molecular formula is C22H26N2O6S. The molecule has 1 saturated heterocycles. The number of benzene rings is 2. The second kappa shape index (κ2) is 10.4. The van der Waals surface area contributed by atoms with Crippen LogP contribution in [0.15, 0.2) is 53.4 Å². The Bertz CT molecular complexity index is 1030. The summed E-state index contributed by atoms with van der Waals surface area (Å²) in [5, 5.41) is 2.72. The minimum absolute atomic E-state index is 0.185. The van der Waals surface area contributed by atoms with Crippen LogP contribution in [0.1, 0.15) is 12.5 Å². The summed E-state index contributed by atoms with van der Waals surface area (Å²) in [6, 6.07) is 11.5. The summed E-state index contributed by atoms with van der Waals surface area (Å²) in [7, 11) is -2.01. The van der Waals surface area contributed by atoms with Crippen molar-refractivity contribution >= 4 is 27.7 Å². The Morgan fingerprint density at radius 1 is 1.13 bits per heavy atom. The molecule has 8 nitrogen and oxygen atoms in total. The number of nitrogens with one attached hydrogen (secondary N) is 1. The van der Waals surface area contributed by atoms with Gasteiger partial charge in [-0.15, -0.1) is 0 Å². The van der Waals surface area contributed by atoms with E-state index in [1.165, 1.54) is 22.5 Å². The molecule has 3 rings (SSSR count). The van der Waals surface area contributed by atoms with Crippen LogP contribution in [0.25, 0.3) is 6.08 Å². The van der Waals surface area contributed by atoms with Crippen molar-refractivity contribution in [3.63, 3.8) is 0 Å². The van der Waals surface area contributed by atoms with Gasteiger partial charge in [-0.1, -0.05) is 6.07 Å². The van der Waals surface area contributed by atoms with Crippen molar-refractivity contribution in [2.24, 2.45) is 0 Å². The zero-order chi connectivity index (χ0) is 22.3. The number of amides is 1. The third kappa shape index (κ3) is 5.84. The lowest BCUT2D eigenvalue weighted by molar-refractivity contribution is -0.111. The molecule has 2 aromatic carbocycles. The minimum Gasteiger partial charge on any atom is -0.493 e. The van der Waals surface area contributed by atoms with Crippen LogP contribution in [0.5, 0.6) is 11.5 Å². The van der Waals surface area contributed by atoms with Crippen LogP contribution in [0.4, 0.5) is 5.69 Å². The largest absolute Gasteiger partial charge is 0.493 e.